The monoisotopic (exact) mass is 477 g/mol. The van der Waals surface area contributed by atoms with Crippen LogP contribution in [0.3, 0.4) is 0 Å². The summed E-state index contributed by atoms with van der Waals surface area (Å²) in [5.41, 5.74) is 1.62. The molecule has 0 amide bonds. The maximum Gasteiger partial charge on any atom is 0.193 e. The van der Waals surface area contributed by atoms with Gasteiger partial charge in [0.2, 0.25) is 0 Å². The molecule has 0 radical (unpaired) electrons. The van der Waals surface area contributed by atoms with E-state index in [2.05, 4.69) is 27.3 Å². The number of halogens is 2. The van der Waals surface area contributed by atoms with Crippen molar-refractivity contribution < 1.29 is 4.74 Å². The molecule has 1 aromatic rings. The molecular weight excluding hydrogens is 449 g/mol. The molecule has 1 aliphatic heterocycles. The van der Waals surface area contributed by atoms with Crippen LogP contribution in [0.25, 0.3) is 0 Å². The van der Waals surface area contributed by atoms with E-state index in [0.717, 1.165) is 37.2 Å². The van der Waals surface area contributed by atoms with Crippen LogP contribution < -0.4 is 5.32 Å². The molecule has 4 nitrogen and oxygen atoms in total. The molecule has 1 aliphatic carbocycles. The molecule has 1 heterocycles. The summed E-state index contributed by atoms with van der Waals surface area (Å²) in [5, 5.41) is 4.44. The van der Waals surface area contributed by atoms with Gasteiger partial charge in [-0.15, -0.1) is 24.0 Å². The Balaban J connectivity index is 0.00000225. The van der Waals surface area contributed by atoms with Gasteiger partial charge in [0.15, 0.2) is 5.96 Å². The van der Waals surface area contributed by atoms with Crippen molar-refractivity contribution in [2.45, 2.75) is 31.1 Å². The second-order valence-electron chi connectivity index (χ2n) is 7.10. The van der Waals surface area contributed by atoms with E-state index in [1.165, 1.54) is 31.2 Å². The van der Waals surface area contributed by atoms with Crippen LogP contribution in [0.1, 0.15) is 31.2 Å². The van der Waals surface area contributed by atoms with Gasteiger partial charge < -0.3 is 15.0 Å². The molecule has 1 N–H and O–H groups in total. The van der Waals surface area contributed by atoms with Crippen LogP contribution in [0.5, 0.6) is 0 Å². The summed E-state index contributed by atoms with van der Waals surface area (Å²) in [6.45, 7) is 3.86. The van der Waals surface area contributed by atoms with Crippen molar-refractivity contribution in [1.82, 2.24) is 10.2 Å². The van der Waals surface area contributed by atoms with Gasteiger partial charge in [-0.3, -0.25) is 4.99 Å². The number of hydrogen-bond acceptors (Lipinski definition) is 2. The third kappa shape index (κ3) is 4.80. The third-order valence-corrected chi connectivity index (χ3v) is 5.80. The molecule has 1 unspecified atom stereocenters. The molecule has 0 spiro atoms. The van der Waals surface area contributed by atoms with Crippen molar-refractivity contribution in [2.24, 2.45) is 10.9 Å². The maximum absolute atomic E-state index is 6.05. The lowest BCUT2D eigenvalue weighted by molar-refractivity contribution is 0.157. The van der Waals surface area contributed by atoms with Crippen LogP contribution >= 0.6 is 35.6 Å². The molecule has 6 heteroatoms. The number of methoxy groups -OCH3 is 1. The Labute approximate surface area is 173 Å². The van der Waals surface area contributed by atoms with E-state index in [1.807, 2.05) is 19.2 Å². The van der Waals surface area contributed by atoms with Gasteiger partial charge in [0, 0.05) is 50.1 Å². The van der Waals surface area contributed by atoms with Crippen molar-refractivity contribution >= 4 is 41.5 Å². The summed E-state index contributed by atoms with van der Waals surface area (Å²) >= 11 is 6.05. The van der Waals surface area contributed by atoms with Gasteiger partial charge in [-0.25, -0.2) is 0 Å². The van der Waals surface area contributed by atoms with E-state index in [-0.39, 0.29) is 29.4 Å². The number of nitrogens with zero attached hydrogens (tertiary/aromatic N) is 2. The lowest BCUT2D eigenvalue weighted by atomic mass is 9.64. The average Bonchev–Trinajstić information content (AvgIpc) is 3.00. The zero-order valence-corrected chi connectivity index (χ0v) is 18.2. The van der Waals surface area contributed by atoms with E-state index >= 15 is 0 Å². The molecule has 1 saturated heterocycles. The molecule has 25 heavy (non-hydrogen) atoms. The van der Waals surface area contributed by atoms with Gasteiger partial charge in [-0.1, -0.05) is 30.2 Å². The fourth-order valence-electron chi connectivity index (χ4n) is 3.95. The predicted octanol–water partition coefficient (Wildman–Crippen LogP) is 3.92. The highest BCUT2D eigenvalue weighted by atomic mass is 127. The Morgan fingerprint density at radius 2 is 2.08 bits per heavy atom. The van der Waals surface area contributed by atoms with Crippen molar-refractivity contribution in [3.05, 3.63) is 34.9 Å². The second-order valence-corrected chi connectivity index (χ2v) is 7.53. The Kier molecular flexibility index (Phi) is 7.83. The van der Waals surface area contributed by atoms with Crippen LogP contribution in [0.15, 0.2) is 29.3 Å². The zero-order chi connectivity index (χ0) is 17.0. The smallest absolute Gasteiger partial charge is 0.193 e. The number of hydrogen-bond donors (Lipinski definition) is 1. The molecule has 3 rings (SSSR count). The molecular formula is C19H29ClIN3O. The summed E-state index contributed by atoms with van der Waals surface area (Å²) in [6.07, 6.45) is 4.93. The molecule has 1 saturated carbocycles. The lowest BCUT2D eigenvalue weighted by Crippen LogP contribution is -2.49. The van der Waals surface area contributed by atoms with Gasteiger partial charge in [0.1, 0.15) is 0 Å². The number of nitrogens with one attached hydrogen (secondary N) is 1. The van der Waals surface area contributed by atoms with Crippen molar-refractivity contribution in [3.63, 3.8) is 0 Å². The first-order valence-corrected chi connectivity index (χ1v) is 9.25. The topological polar surface area (TPSA) is 36.9 Å². The van der Waals surface area contributed by atoms with Gasteiger partial charge in [-0.05, 0) is 37.0 Å². The van der Waals surface area contributed by atoms with Gasteiger partial charge in [0.25, 0.3) is 0 Å². The Morgan fingerprint density at radius 3 is 2.64 bits per heavy atom. The minimum Gasteiger partial charge on any atom is -0.384 e. The van der Waals surface area contributed by atoms with Crippen LogP contribution in [0.2, 0.25) is 5.02 Å². The van der Waals surface area contributed by atoms with Gasteiger partial charge in [0.05, 0.1) is 6.61 Å². The number of aliphatic imine (C=N–C) groups is 1. The molecule has 0 bridgehead atoms. The standard InChI is InChI=1S/C19H28ClN3O.HI/c1-21-18(23-11-8-15(12-23)13-24-2)22-14-19(9-3-10-19)16-4-6-17(20)7-5-16;/h4-7,15H,3,8-14H2,1-2H3,(H,21,22);1H. The van der Waals surface area contributed by atoms with Crippen LogP contribution in [-0.2, 0) is 10.2 Å². The Morgan fingerprint density at radius 1 is 1.36 bits per heavy atom. The largest absolute Gasteiger partial charge is 0.384 e. The first kappa shape index (κ1) is 20.8. The lowest BCUT2D eigenvalue weighted by Gasteiger charge is -2.43. The second kappa shape index (κ2) is 9.42. The zero-order valence-electron chi connectivity index (χ0n) is 15.1. The molecule has 2 aliphatic rings. The number of rotatable bonds is 5. The molecule has 1 atom stereocenters. The minimum atomic E-state index is 0. The van der Waals surface area contributed by atoms with Crippen molar-refractivity contribution in [1.29, 1.82) is 0 Å². The number of likely N-dealkylation sites (tertiary alicyclic amines) is 1. The fourth-order valence-corrected chi connectivity index (χ4v) is 4.08. The first-order chi connectivity index (χ1) is 11.7. The summed E-state index contributed by atoms with van der Waals surface area (Å²) in [5.74, 6) is 1.64. The third-order valence-electron chi connectivity index (χ3n) is 5.55. The highest BCUT2D eigenvalue weighted by Gasteiger charge is 2.39. The highest BCUT2D eigenvalue weighted by molar-refractivity contribution is 14.0. The Bertz CT molecular complexity index is 575. The van der Waals surface area contributed by atoms with Crippen LogP contribution in [0.4, 0.5) is 0 Å². The summed E-state index contributed by atoms with van der Waals surface area (Å²) in [6, 6.07) is 8.36. The Hall–Kier alpha value is -0.530. The van der Waals surface area contributed by atoms with Crippen molar-refractivity contribution in [3.8, 4) is 0 Å². The molecule has 2 fully saturated rings. The summed E-state index contributed by atoms with van der Waals surface area (Å²) in [7, 11) is 3.66. The number of benzene rings is 1. The molecule has 1 aromatic carbocycles. The predicted molar refractivity (Wildman–Crippen MR) is 115 cm³/mol. The minimum absolute atomic E-state index is 0. The first-order valence-electron chi connectivity index (χ1n) is 8.87. The number of ether oxygens (including phenoxy) is 1. The number of guanidine groups is 1. The van der Waals surface area contributed by atoms with E-state index in [0.29, 0.717) is 5.92 Å². The van der Waals surface area contributed by atoms with Gasteiger partial charge >= 0.3 is 0 Å². The van der Waals surface area contributed by atoms with Crippen molar-refractivity contribution in [2.75, 3.05) is 40.4 Å². The maximum atomic E-state index is 6.05. The van der Waals surface area contributed by atoms with E-state index in [1.54, 1.807) is 7.11 Å². The van der Waals surface area contributed by atoms with E-state index in [9.17, 15) is 0 Å². The average molecular weight is 478 g/mol. The fraction of sp³-hybridized carbons (Fsp3) is 0.632. The quantitative estimate of drug-likeness (QED) is 0.397. The summed E-state index contributed by atoms with van der Waals surface area (Å²) < 4.78 is 5.30. The van der Waals surface area contributed by atoms with E-state index < -0.39 is 0 Å². The summed E-state index contributed by atoms with van der Waals surface area (Å²) in [4.78, 5) is 6.86. The van der Waals surface area contributed by atoms with E-state index in [4.69, 9.17) is 16.3 Å². The van der Waals surface area contributed by atoms with Crippen LogP contribution in [-0.4, -0.2) is 51.3 Å². The SMILES string of the molecule is CN=C(NCC1(c2ccc(Cl)cc2)CCC1)N1CCC(COC)C1.I. The van der Waals surface area contributed by atoms with Gasteiger partial charge in [-0.2, -0.15) is 0 Å². The molecule has 140 valence electrons. The molecule has 0 aromatic heterocycles. The van der Waals surface area contributed by atoms with Crippen LogP contribution in [0, 0.1) is 5.92 Å². The highest BCUT2D eigenvalue weighted by Crippen LogP contribution is 2.43. The normalized spacial score (nSPS) is 22.3.